The summed E-state index contributed by atoms with van der Waals surface area (Å²) in [6.45, 7) is 9.96. The minimum Gasteiger partial charge on any atom is -0.357 e. The zero-order valence-electron chi connectivity index (χ0n) is 14.8. The van der Waals surface area contributed by atoms with Crippen molar-refractivity contribution in [3.05, 3.63) is 29.0 Å². The maximum atomic E-state index is 5.79. The molecule has 0 bridgehead atoms. The third-order valence-corrected chi connectivity index (χ3v) is 4.13. The molecule has 0 aliphatic carbocycles. The quantitative estimate of drug-likeness (QED) is 0.412. The monoisotopic (exact) mass is 339 g/mol. The van der Waals surface area contributed by atoms with Gasteiger partial charge in [0.1, 0.15) is 5.15 Å². The van der Waals surface area contributed by atoms with Gasteiger partial charge in [-0.2, -0.15) is 0 Å². The zero-order chi connectivity index (χ0) is 17.1. The van der Waals surface area contributed by atoms with Crippen LogP contribution in [0.2, 0.25) is 5.15 Å². The summed E-state index contributed by atoms with van der Waals surface area (Å²) in [5.74, 6) is 0.868. The van der Waals surface area contributed by atoms with Crippen molar-refractivity contribution in [1.29, 1.82) is 0 Å². The second kappa shape index (κ2) is 11.2. The Morgan fingerprint density at radius 1 is 1.35 bits per heavy atom. The SMILES string of the molecule is CCNC(=NCCN(C)C(C)CC)NCCc1ccc(Cl)nc1. The van der Waals surface area contributed by atoms with Gasteiger partial charge in [-0.3, -0.25) is 4.99 Å². The van der Waals surface area contributed by atoms with Crippen molar-refractivity contribution < 1.29 is 0 Å². The number of aliphatic imine (C=N–C) groups is 1. The number of aromatic nitrogens is 1. The predicted octanol–water partition coefficient (Wildman–Crippen LogP) is 2.56. The summed E-state index contributed by atoms with van der Waals surface area (Å²) in [5, 5.41) is 7.17. The van der Waals surface area contributed by atoms with Gasteiger partial charge in [-0.1, -0.05) is 24.6 Å². The normalized spacial score (nSPS) is 13.2. The van der Waals surface area contributed by atoms with E-state index in [2.05, 4.69) is 53.3 Å². The zero-order valence-corrected chi connectivity index (χ0v) is 15.5. The number of halogens is 1. The largest absolute Gasteiger partial charge is 0.357 e. The highest BCUT2D eigenvalue weighted by Gasteiger charge is 2.05. The van der Waals surface area contributed by atoms with Gasteiger partial charge >= 0.3 is 0 Å². The van der Waals surface area contributed by atoms with E-state index in [0.717, 1.165) is 50.5 Å². The topological polar surface area (TPSA) is 52.6 Å². The van der Waals surface area contributed by atoms with E-state index in [-0.39, 0.29) is 0 Å². The summed E-state index contributed by atoms with van der Waals surface area (Å²) < 4.78 is 0. The standard InChI is InChI=1S/C17H30ClN5/c1-5-14(3)23(4)12-11-21-17(19-6-2)20-10-9-15-7-8-16(18)22-13-15/h7-8,13-14H,5-6,9-12H2,1-4H3,(H2,19,20,21). The van der Waals surface area contributed by atoms with E-state index >= 15 is 0 Å². The molecule has 1 atom stereocenters. The van der Waals surface area contributed by atoms with E-state index in [0.29, 0.717) is 11.2 Å². The summed E-state index contributed by atoms with van der Waals surface area (Å²) in [7, 11) is 2.15. The van der Waals surface area contributed by atoms with Crippen LogP contribution < -0.4 is 10.6 Å². The number of hydrogen-bond donors (Lipinski definition) is 2. The molecule has 0 aliphatic rings. The summed E-state index contributed by atoms with van der Waals surface area (Å²) in [4.78, 5) is 11.1. The first-order valence-corrected chi connectivity index (χ1v) is 8.77. The van der Waals surface area contributed by atoms with Crippen LogP contribution in [0.5, 0.6) is 0 Å². The Bertz CT molecular complexity index is 461. The molecule has 1 aromatic heterocycles. The maximum Gasteiger partial charge on any atom is 0.191 e. The molecular formula is C17H30ClN5. The number of guanidine groups is 1. The van der Waals surface area contributed by atoms with Crippen LogP contribution in [0.15, 0.2) is 23.3 Å². The Hall–Kier alpha value is -1.33. The van der Waals surface area contributed by atoms with Crippen LogP contribution in [0.25, 0.3) is 0 Å². The van der Waals surface area contributed by atoms with Gasteiger partial charge in [0.25, 0.3) is 0 Å². The van der Waals surface area contributed by atoms with Crippen LogP contribution in [0, 0.1) is 0 Å². The van der Waals surface area contributed by atoms with E-state index in [4.69, 9.17) is 11.6 Å². The molecule has 5 nitrogen and oxygen atoms in total. The average Bonchev–Trinajstić information content (AvgIpc) is 2.55. The fourth-order valence-corrected chi connectivity index (χ4v) is 2.18. The summed E-state index contributed by atoms with van der Waals surface area (Å²) in [5.41, 5.74) is 1.16. The average molecular weight is 340 g/mol. The number of nitrogens with one attached hydrogen (secondary N) is 2. The van der Waals surface area contributed by atoms with E-state index in [9.17, 15) is 0 Å². The number of hydrogen-bond acceptors (Lipinski definition) is 3. The molecule has 0 fully saturated rings. The van der Waals surface area contributed by atoms with Crippen LogP contribution in [0.3, 0.4) is 0 Å². The Morgan fingerprint density at radius 3 is 2.74 bits per heavy atom. The van der Waals surface area contributed by atoms with Gasteiger partial charge < -0.3 is 15.5 Å². The molecule has 0 amide bonds. The number of pyridine rings is 1. The first-order valence-electron chi connectivity index (χ1n) is 8.39. The van der Waals surface area contributed by atoms with Crippen molar-refractivity contribution >= 4 is 17.6 Å². The molecule has 0 aromatic carbocycles. The van der Waals surface area contributed by atoms with Gasteiger partial charge in [0.05, 0.1) is 6.54 Å². The van der Waals surface area contributed by atoms with E-state index in [1.165, 1.54) is 0 Å². The van der Waals surface area contributed by atoms with E-state index in [1.54, 1.807) is 0 Å². The Labute approximate surface area is 145 Å². The Balaban J connectivity index is 2.38. The van der Waals surface area contributed by atoms with Crippen LogP contribution in [0.4, 0.5) is 0 Å². The summed E-state index contributed by atoms with van der Waals surface area (Å²) in [6, 6.07) is 4.42. The molecule has 1 heterocycles. The van der Waals surface area contributed by atoms with Crippen molar-refractivity contribution in [3.8, 4) is 0 Å². The van der Waals surface area contributed by atoms with Crippen molar-refractivity contribution in [3.63, 3.8) is 0 Å². The third kappa shape index (κ3) is 8.18. The van der Waals surface area contributed by atoms with Gasteiger partial charge in [-0.05, 0) is 45.4 Å². The molecule has 0 spiro atoms. The third-order valence-electron chi connectivity index (χ3n) is 3.90. The molecule has 6 heteroatoms. The van der Waals surface area contributed by atoms with Crippen LogP contribution in [-0.4, -0.2) is 55.1 Å². The minimum atomic E-state index is 0.530. The van der Waals surface area contributed by atoms with E-state index in [1.807, 2.05) is 18.3 Å². The smallest absolute Gasteiger partial charge is 0.191 e. The lowest BCUT2D eigenvalue weighted by atomic mass is 10.2. The van der Waals surface area contributed by atoms with Gasteiger partial charge in [0.2, 0.25) is 0 Å². The molecule has 1 aromatic rings. The first kappa shape index (κ1) is 19.7. The molecule has 2 N–H and O–H groups in total. The summed E-state index contributed by atoms with van der Waals surface area (Å²) >= 11 is 5.79. The van der Waals surface area contributed by atoms with Crippen molar-refractivity contribution in [2.75, 3.05) is 33.2 Å². The molecule has 0 radical (unpaired) electrons. The van der Waals surface area contributed by atoms with Gasteiger partial charge in [0, 0.05) is 31.9 Å². The molecule has 0 aliphatic heterocycles. The van der Waals surface area contributed by atoms with Crippen LogP contribution in [0.1, 0.15) is 32.8 Å². The van der Waals surface area contributed by atoms with Gasteiger partial charge in [-0.15, -0.1) is 0 Å². The lowest BCUT2D eigenvalue weighted by molar-refractivity contribution is 0.259. The fraction of sp³-hybridized carbons (Fsp3) is 0.647. The predicted molar refractivity (Wildman–Crippen MR) is 99.3 cm³/mol. The number of likely N-dealkylation sites (N-methyl/N-ethyl adjacent to an activating group) is 1. The molecule has 1 unspecified atom stereocenters. The fourth-order valence-electron chi connectivity index (χ4n) is 2.07. The molecule has 23 heavy (non-hydrogen) atoms. The van der Waals surface area contributed by atoms with Crippen LogP contribution in [-0.2, 0) is 6.42 Å². The highest BCUT2D eigenvalue weighted by atomic mass is 35.5. The highest BCUT2D eigenvalue weighted by Crippen LogP contribution is 2.05. The number of nitrogens with zero attached hydrogens (tertiary/aromatic N) is 3. The molecule has 1 rings (SSSR count). The first-order chi connectivity index (χ1) is 11.1. The molecule has 0 saturated carbocycles. The Morgan fingerprint density at radius 2 is 2.13 bits per heavy atom. The van der Waals surface area contributed by atoms with E-state index < -0.39 is 0 Å². The second-order valence-electron chi connectivity index (χ2n) is 5.66. The maximum absolute atomic E-state index is 5.79. The summed E-state index contributed by atoms with van der Waals surface area (Å²) in [6.07, 6.45) is 3.87. The van der Waals surface area contributed by atoms with Crippen molar-refractivity contribution in [1.82, 2.24) is 20.5 Å². The van der Waals surface area contributed by atoms with Crippen molar-refractivity contribution in [2.45, 2.75) is 39.7 Å². The lowest BCUT2D eigenvalue weighted by Crippen LogP contribution is -2.39. The minimum absolute atomic E-state index is 0.530. The molecular weight excluding hydrogens is 310 g/mol. The number of rotatable bonds is 9. The Kier molecular flexibility index (Phi) is 9.64. The lowest BCUT2D eigenvalue weighted by Gasteiger charge is -2.22. The molecule has 0 saturated heterocycles. The van der Waals surface area contributed by atoms with Gasteiger partial charge in [0.15, 0.2) is 5.96 Å². The van der Waals surface area contributed by atoms with Crippen molar-refractivity contribution in [2.24, 2.45) is 4.99 Å². The molecule has 130 valence electrons. The van der Waals surface area contributed by atoms with Crippen LogP contribution >= 0.6 is 11.6 Å². The highest BCUT2D eigenvalue weighted by molar-refractivity contribution is 6.29. The second-order valence-corrected chi connectivity index (χ2v) is 6.05. The van der Waals surface area contributed by atoms with Gasteiger partial charge in [-0.25, -0.2) is 4.98 Å².